The number of imidazole rings is 1. The monoisotopic (exact) mass is 315 g/mol. The normalized spacial score (nSPS) is 17.6. The second-order valence-electron chi connectivity index (χ2n) is 5.81. The molecule has 0 spiro atoms. The van der Waals surface area contributed by atoms with E-state index < -0.39 is 0 Å². The molecule has 1 aliphatic heterocycles. The van der Waals surface area contributed by atoms with Crippen molar-refractivity contribution in [2.45, 2.75) is 25.4 Å². The molecule has 0 saturated carbocycles. The van der Waals surface area contributed by atoms with Crippen LogP contribution in [0, 0.1) is 10.1 Å². The van der Waals surface area contributed by atoms with Crippen LogP contribution in [0.15, 0.2) is 43.0 Å². The van der Waals surface area contributed by atoms with E-state index in [0.29, 0.717) is 6.04 Å². The van der Waals surface area contributed by atoms with Gasteiger partial charge in [0.2, 0.25) is 0 Å². The number of nitrogens with zero attached hydrogens (tertiary/aromatic N) is 4. The fourth-order valence-corrected chi connectivity index (χ4v) is 2.93. The Balaban J connectivity index is 1.42. The molecule has 1 aromatic carbocycles. The van der Waals surface area contributed by atoms with E-state index in [2.05, 4.69) is 19.8 Å². The van der Waals surface area contributed by atoms with Gasteiger partial charge in [0, 0.05) is 55.9 Å². The summed E-state index contributed by atoms with van der Waals surface area (Å²) in [6, 6.07) is 7.29. The molecule has 122 valence electrons. The third-order valence-corrected chi connectivity index (χ3v) is 4.20. The molecule has 2 aromatic rings. The molecule has 2 heterocycles. The van der Waals surface area contributed by atoms with Gasteiger partial charge in [0.05, 0.1) is 11.3 Å². The van der Waals surface area contributed by atoms with Gasteiger partial charge in [-0.25, -0.2) is 4.98 Å². The molecule has 1 aromatic heterocycles. The minimum atomic E-state index is -0.363. The maximum atomic E-state index is 10.7. The topological polar surface area (TPSA) is 76.2 Å². The van der Waals surface area contributed by atoms with Crippen LogP contribution in [0.2, 0.25) is 0 Å². The highest BCUT2D eigenvalue weighted by molar-refractivity contribution is 5.51. The van der Waals surface area contributed by atoms with Crippen LogP contribution in [0.3, 0.4) is 0 Å². The zero-order chi connectivity index (χ0) is 16.1. The quantitative estimate of drug-likeness (QED) is 0.481. The number of aromatic nitrogens is 2. The number of nitro benzene ring substituents is 1. The van der Waals surface area contributed by atoms with Crippen molar-refractivity contribution in [3.63, 3.8) is 0 Å². The van der Waals surface area contributed by atoms with Crippen LogP contribution < -0.4 is 10.2 Å². The Kier molecular flexibility index (Phi) is 4.87. The second kappa shape index (κ2) is 7.23. The number of hydrogen-bond donors (Lipinski definition) is 1. The molecule has 0 aliphatic carbocycles. The van der Waals surface area contributed by atoms with Gasteiger partial charge >= 0.3 is 0 Å². The van der Waals surface area contributed by atoms with Gasteiger partial charge in [0.15, 0.2) is 0 Å². The highest BCUT2D eigenvalue weighted by atomic mass is 16.6. The smallest absolute Gasteiger partial charge is 0.269 e. The van der Waals surface area contributed by atoms with Crippen LogP contribution in [-0.4, -0.2) is 40.2 Å². The van der Waals surface area contributed by atoms with E-state index in [1.807, 2.05) is 24.7 Å². The molecule has 0 amide bonds. The standard InChI is InChI=1S/C16H21N5O2/c22-21(23)16-4-2-15(3-5-16)20-10-6-14(12-20)18-7-1-9-19-11-8-17-13-19/h2-5,8,11,13-14,18H,1,6-7,9-10,12H2. The van der Waals surface area contributed by atoms with Crippen molar-refractivity contribution in [2.75, 3.05) is 24.5 Å². The third kappa shape index (κ3) is 4.07. The lowest BCUT2D eigenvalue weighted by molar-refractivity contribution is -0.384. The maximum absolute atomic E-state index is 10.7. The summed E-state index contributed by atoms with van der Waals surface area (Å²) in [5, 5.41) is 14.3. The number of rotatable bonds is 7. The van der Waals surface area contributed by atoms with Gasteiger partial charge in [-0.2, -0.15) is 0 Å². The third-order valence-electron chi connectivity index (χ3n) is 4.20. The Labute approximate surface area is 135 Å². The zero-order valence-corrected chi connectivity index (χ0v) is 13.0. The highest BCUT2D eigenvalue weighted by Gasteiger charge is 2.22. The summed E-state index contributed by atoms with van der Waals surface area (Å²) in [5.41, 5.74) is 1.19. The van der Waals surface area contributed by atoms with E-state index in [-0.39, 0.29) is 10.6 Å². The predicted octanol–water partition coefficient (Wildman–Crippen LogP) is 2.05. The Morgan fingerprint density at radius 2 is 2.17 bits per heavy atom. The van der Waals surface area contributed by atoms with Crippen LogP contribution in [0.4, 0.5) is 11.4 Å². The number of nitrogens with one attached hydrogen (secondary N) is 1. The van der Waals surface area contributed by atoms with Crippen molar-refractivity contribution in [3.8, 4) is 0 Å². The Hall–Kier alpha value is -2.41. The Morgan fingerprint density at radius 1 is 1.35 bits per heavy atom. The number of hydrogen-bond acceptors (Lipinski definition) is 5. The van der Waals surface area contributed by atoms with Crippen molar-refractivity contribution >= 4 is 11.4 Å². The molecule has 1 N–H and O–H groups in total. The molecule has 1 atom stereocenters. The minimum absolute atomic E-state index is 0.141. The number of aryl methyl sites for hydroxylation is 1. The van der Waals surface area contributed by atoms with Gasteiger partial charge in [-0.3, -0.25) is 10.1 Å². The van der Waals surface area contributed by atoms with Crippen molar-refractivity contribution in [1.82, 2.24) is 14.9 Å². The zero-order valence-electron chi connectivity index (χ0n) is 13.0. The first-order valence-electron chi connectivity index (χ1n) is 7.91. The fraction of sp³-hybridized carbons (Fsp3) is 0.438. The van der Waals surface area contributed by atoms with Crippen LogP contribution in [0.25, 0.3) is 0 Å². The molecule has 0 radical (unpaired) electrons. The molecule has 0 bridgehead atoms. The number of benzene rings is 1. The highest BCUT2D eigenvalue weighted by Crippen LogP contribution is 2.23. The summed E-state index contributed by atoms with van der Waals surface area (Å²) in [6.45, 7) is 3.89. The lowest BCUT2D eigenvalue weighted by Crippen LogP contribution is -2.33. The SMILES string of the molecule is O=[N+]([O-])c1ccc(N2CCC(NCCCn3ccnc3)C2)cc1. The van der Waals surface area contributed by atoms with Crippen molar-refractivity contribution in [1.29, 1.82) is 0 Å². The molecule has 1 unspecified atom stereocenters. The molecular formula is C16H21N5O2. The average Bonchev–Trinajstić information content (AvgIpc) is 3.23. The molecule has 7 nitrogen and oxygen atoms in total. The Bertz CT molecular complexity index is 626. The second-order valence-corrected chi connectivity index (χ2v) is 5.81. The van der Waals surface area contributed by atoms with Crippen molar-refractivity contribution in [2.24, 2.45) is 0 Å². The first kappa shape index (κ1) is 15.5. The van der Waals surface area contributed by atoms with E-state index in [9.17, 15) is 10.1 Å². The summed E-state index contributed by atoms with van der Waals surface area (Å²) in [7, 11) is 0. The lowest BCUT2D eigenvalue weighted by atomic mass is 10.2. The van der Waals surface area contributed by atoms with Gasteiger partial charge in [-0.15, -0.1) is 0 Å². The van der Waals surface area contributed by atoms with E-state index >= 15 is 0 Å². The van der Waals surface area contributed by atoms with Crippen LogP contribution in [0.1, 0.15) is 12.8 Å². The van der Waals surface area contributed by atoms with E-state index in [4.69, 9.17) is 0 Å². The first-order chi connectivity index (χ1) is 11.2. The van der Waals surface area contributed by atoms with Gasteiger partial charge in [-0.05, 0) is 31.5 Å². The van der Waals surface area contributed by atoms with Crippen LogP contribution in [-0.2, 0) is 6.54 Å². The van der Waals surface area contributed by atoms with Crippen LogP contribution >= 0.6 is 0 Å². The molecule has 7 heteroatoms. The van der Waals surface area contributed by atoms with Gasteiger partial charge in [0.25, 0.3) is 5.69 Å². The molecule has 23 heavy (non-hydrogen) atoms. The summed E-state index contributed by atoms with van der Waals surface area (Å²) in [4.78, 5) is 16.6. The number of nitro groups is 1. The van der Waals surface area contributed by atoms with Gasteiger partial charge in [-0.1, -0.05) is 0 Å². The molecule has 1 aliphatic rings. The Morgan fingerprint density at radius 3 is 2.87 bits per heavy atom. The molecule has 3 rings (SSSR count). The molecule has 1 saturated heterocycles. The molecular weight excluding hydrogens is 294 g/mol. The van der Waals surface area contributed by atoms with Crippen molar-refractivity contribution in [3.05, 3.63) is 53.1 Å². The predicted molar refractivity (Wildman–Crippen MR) is 88.6 cm³/mol. The maximum Gasteiger partial charge on any atom is 0.269 e. The van der Waals surface area contributed by atoms with Crippen molar-refractivity contribution < 1.29 is 4.92 Å². The summed E-state index contributed by atoms with van der Waals surface area (Å²) < 4.78 is 2.08. The largest absolute Gasteiger partial charge is 0.370 e. The van der Waals surface area contributed by atoms with Gasteiger partial charge < -0.3 is 14.8 Å². The average molecular weight is 315 g/mol. The van der Waals surface area contributed by atoms with E-state index in [1.165, 1.54) is 0 Å². The van der Waals surface area contributed by atoms with Crippen LogP contribution in [0.5, 0.6) is 0 Å². The van der Waals surface area contributed by atoms with E-state index in [0.717, 1.165) is 44.7 Å². The summed E-state index contributed by atoms with van der Waals surface area (Å²) in [5.74, 6) is 0. The van der Waals surface area contributed by atoms with Gasteiger partial charge in [0.1, 0.15) is 0 Å². The minimum Gasteiger partial charge on any atom is -0.370 e. The van der Waals surface area contributed by atoms with E-state index in [1.54, 1.807) is 18.3 Å². The summed E-state index contributed by atoms with van der Waals surface area (Å²) >= 11 is 0. The number of anilines is 1. The number of non-ortho nitro benzene ring substituents is 1. The molecule has 1 fully saturated rings. The lowest BCUT2D eigenvalue weighted by Gasteiger charge is -2.19. The first-order valence-corrected chi connectivity index (χ1v) is 7.91. The fourth-order valence-electron chi connectivity index (χ4n) is 2.93. The summed E-state index contributed by atoms with van der Waals surface area (Å²) in [6.07, 6.45) is 7.79.